The summed E-state index contributed by atoms with van der Waals surface area (Å²) in [5, 5.41) is 0. The third kappa shape index (κ3) is 1.49. The van der Waals surface area contributed by atoms with Crippen LogP contribution in [0.1, 0.15) is 26.7 Å². The summed E-state index contributed by atoms with van der Waals surface area (Å²) in [6, 6.07) is 0. The van der Waals surface area contributed by atoms with Crippen molar-refractivity contribution in [2.75, 3.05) is 13.2 Å². The van der Waals surface area contributed by atoms with Crippen molar-refractivity contribution >= 4 is 0 Å². The van der Waals surface area contributed by atoms with Gasteiger partial charge in [-0.2, -0.15) is 0 Å². The van der Waals surface area contributed by atoms with E-state index in [0.29, 0.717) is 5.92 Å². The molecule has 0 amide bonds. The van der Waals surface area contributed by atoms with E-state index in [1.165, 1.54) is 0 Å². The van der Waals surface area contributed by atoms with Crippen LogP contribution in [0.2, 0.25) is 0 Å². The van der Waals surface area contributed by atoms with Crippen molar-refractivity contribution in [1.82, 2.24) is 0 Å². The minimum Gasteiger partial charge on any atom is -0.350 e. The summed E-state index contributed by atoms with van der Waals surface area (Å²) in [6.07, 6.45) is 2.26. The zero-order valence-corrected chi connectivity index (χ0v) is 7.80. The van der Waals surface area contributed by atoms with Gasteiger partial charge in [-0.1, -0.05) is 0 Å². The van der Waals surface area contributed by atoms with Gasteiger partial charge in [0.05, 0.1) is 13.2 Å². The van der Waals surface area contributed by atoms with E-state index in [0.717, 1.165) is 26.1 Å². The Morgan fingerprint density at radius 3 is 2.08 bits per heavy atom. The summed E-state index contributed by atoms with van der Waals surface area (Å²) in [4.78, 5) is 0. The van der Waals surface area contributed by atoms with Crippen molar-refractivity contribution < 1.29 is 9.47 Å². The SMILES string of the molecule is CC1(C)OCC(C2(N)CC2)CO1. The van der Waals surface area contributed by atoms with Crippen LogP contribution in [0.3, 0.4) is 0 Å². The maximum atomic E-state index is 6.05. The molecule has 3 nitrogen and oxygen atoms in total. The Labute approximate surface area is 73.2 Å². The monoisotopic (exact) mass is 171 g/mol. The molecular formula is C9H17NO2. The van der Waals surface area contributed by atoms with Gasteiger partial charge >= 0.3 is 0 Å². The lowest BCUT2D eigenvalue weighted by Crippen LogP contribution is -2.47. The number of hydrogen-bond donors (Lipinski definition) is 1. The summed E-state index contributed by atoms with van der Waals surface area (Å²) >= 11 is 0. The molecule has 2 N–H and O–H groups in total. The van der Waals surface area contributed by atoms with Gasteiger partial charge in [0.15, 0.2) is 5.79 Å². The molecule has 0 aromatic carbocycles. The molecule has 1 heterocycles. The van der Waals surface area contributed by atoms with Crippen molar-refractivity contribution in [3.8, 4) is 0 Å². The Bertz CT molecular complexity index is 177. The van der Waals surface area contributed by atoms with Crippen molar-refractivity contribution in [3.05, 3.63) is 0 Å². The first-order valence-corrected chi connectivity index (χ1v) is 4.59. The fourth-order valence-electron chi connectivity index (χ4n) is 1.58. The Morgan fingerprint density at radius 1 is 1.17 bits per heavy atom. The number of nitrogens with two attached hydrogens (primary N) is 1. The van der Waals surface area contributed by atoms with E-state index in [1.54, 1.807) is 0 Å². The number of ether oxygens (including phenoxy) is 2. The van der Waals surface area contributed by atoms with E-state index >= 15 is 0 Å². The highest BCUT2D eigenvalue weighted by Gasteiger charge is 2.48. The largest absolute Gasteiger partial charge is 0.350 e. The predicted octanol–water partition coefficient (Wildman–Crippen LogP) is 0.877. The quantitative estimate of drug-likeness (QED) is 0.637. The van der Waals surface area contributed by atoms with Crippen LogP contribution in [0.4, 0.5) is 0 Å². The van der Waals surface area contributed by atoms with Crippen LogP contribution in [0.25, 0.3) is 0 Å². The van der Waals surface area contributed by atoms with Gasteiger partial charge in [-0.3, -0.25) is 0 Å². The van der Waals surface area contributed by atoms with E-state index in [2.05, 4.69) is 0 Å². The smallest absolute Gasteiger partial charge is 0.162 e. The molecular weight excluding hydrogens is 154 g/mol. The highest BCUT2D eigenvalue weighted by atomic mass is 16.7. The average molecular weight is 171 g/mol. The zero-order chi connectivity index (χ0) is 8.82. The maximum Gasteiger partial charge on any atom is 0.162 e. The van der Waals surface area contributed by atoms with E-state index in [-0.39, 0.29) is 5.54 Å². The van der Waals surface area contributed by atoms with Crippen LogP contribution in [-0.2, 0) is 9.47 Å². The van der Waals surface area contributed by atoms with Gasteiger partial charge in [-0.05, 0) is 26.7 Å². The van der Waals surface area contributed by atoms with Crippen LogP contribution in [-0.4, -0.2) is 24.5 Å². The first-order chi connectivity index (χ1) is 5.52. The minimum atomic E-state index is -0.401. The molecule has 2 fully saturated rings. The second-order valence-electron chi connectivity index (χ2n) is 4.45. The summed E-state index contributed by atoms with van der Waals surface area (Å²) in [5.41, 5.74) is 6.09. The highest BCUT2D eigenvalue weighted by Crippen LogP contribution is 2.42. The Hall–Kier alpha value is -0.120. The van der Waals surface area contributed by atoms with Gasteiger partial charge in [-0.25, -0.2) is 0 Å². The lowest BCUT2D eigenvalue weighted by Gasteiger charge is -2.37. The van der Waals surface area contributed by atoms with Gasteiger partial charge in [-0.15, -0.1) is 0 Å². The Kier molecular flexibility index (Phi) is 1.72. The first kappa shape index (κ1) is 8.48. The van der Waals surface area contributed by atoms with Crippen LogP contribution in [0.15, 0.2) is 0 Å². The minimum absolute atomic E-state index is 0.0382. The molecule has 2 rings (SSSR count). The molecule has 0 radical (unpaired) electrons. The fraction of sp³-hybridized carbons (Fsp3) is 1.00. The summed E-state index contributed by atoms with van der Waals surface area (Å²) in [6.45, 7) is 5.39. The van der Waals surface area contributed by atoms with Gasteiger partial charge in [0, 0.05) is 11.5 Å². The molecule has 2 aliphatic rings. The second-order valence-corrected chi connectivity index (χ2v) is 4.45. The van der Waals surface area contributed by atoms with Gasteiger partial charge < -0.3 is 15.2 Å². The topological polar surface area (TPSA) is 44.5 Å². The number of hydrogen-bond acceptors (Lipinski definition) is 3. The Morgan fingerprint density at radius 2 is 1.67 bits per heavy atom. The third-order valence-corrected chi connectivity index (χ3v) is 2.90. The third-order valence-electron chi connectivity index (χ3n) is 2.90. The molecule has 0 bridgehead atoms. The van der Waals surface area contributed by atoms with Crippen LogP contribution in [0.5, 0.6) is 0 Å². The lowest BCUT2D eigenvalue weighted by atomic mass is 9.99. The molecule has 1 saturated heterocycles. The molecule has 1 aliphatic carbocycles. The van der Waals surface area contributed by atoms with Crippen molar-refractivity contribution in [2.45, 2.75) is 38.0 Å². The van der Waals surface area contributed by atoms with Crippen molar-refractivity contribution in [2.24, 2.45) is 11.7 Å². The average Bonchev–Trinajstić information content (AvgIpc) is 2.68. The van der Waals surface area contributed by atoms with Crippen molar-refractivity contribution in [1.29, 1.82) is 0 Å². The van der Waals surface area contributed by atoms with E-state index in [1.807, 2.05) is 13.8 Å². The van der Waals surface area contributed by atoms with E-state index in [4.69, 9.17) is 15.2 Å². The molecule has 0 aromatic rings. The molecule has 0 atom stereocenters. The van der Waals surface area contributed by atoms with Crippen molar-refractivity contribution in [3.63, 3.8) is 0 Å². The summed E-state index contributed by atoms with van der Waals surface area (Å²) in [7, 11) is 0. The normalized spacial score (nSPS) is 33.2. The van der Waals surface area contributed by atoms with Crippen LogP contribution < -0.4 is 5.73 Å². The zero-order valence-electron chi connectivity index (χ0n) is 7.80. The molecule has 3 heteroatoms. The predicted molar refractivity (Wildman–Crippen MR) is 45.6 cm³/mol. The molecule has 70 valence electrons. The van der Waals surface area contributed by atoms with Gasteiger partial charge in [0.25, 0.3) is 0 Å². The van der Waals surface area contributed by atoms with Crippen LogP contribution in [0, 0.1) is 5.92 Å². The molecule has 1 saturated carbocycles. The summed E-state index contributed by atoms with van der Waals surface area (Å²) < 4.78 is 11.1. The fourth-order valence-corrected chi connectivity index (χ4v) is 1.58. The molecule has 12 heavy (non-hydrogen) atoms. The van der Waals surface area contributed by atoms with E-state index in [9.17, 15) is 0 Å². The second kappa shape index (κ2) is 2.44. The molecule has 1 aliphatic heterocycles. The number of rotatable bonds is 1. The molecule has 0 unspecified atom stereocenters. The maximum absolute atomic E-state index is 6.05. The first-order valence-electron chi connectivity index (χ1n) is 4.59. The Balaban J connectivity index is 1.90. The van der Waals surface area contributed by atoms with E-state index < -0.39 is 5.79 Å². The summed E-state index contributed by atoms with van der Waals surface area (Å²) in [5.74, 6) is 0.00685. The molecule has 0 aromatic heterocycles. The van der Waals surface area contributed by atoms with Gasteiger partial charge in [0.2, 0.25) is 0 Å². The lowest BCUT2D eigenvalue weighted by molar-refractivity contribution is -0.265. The van der Waals surface area contributed by atoms with Gasteiger partial charge in [0.1, 0.15) is 0 Å². The van der Waals surface area contributed by atoms with Crippen LogP contribution >= 0.6 is 0 Å². The highest BCUT2D eigenvalue weighted by molar-refractivity contribution is 5.04. The molecule has 0 spiro atoms. The standard InChI is InChI=1S/C9H17NO2/c1-8(2)11-5-7(6-12-8)9(10)3-4-9/h7H,3-6,10H2,1-2H3.